The Balaban J connectivity index is 1.58. The lowest BCUT2D eigenvalue weighted by Crippen LogP contribution is -2.39. The molecular weight excluding hydrogens is 452 g/mol. The Morgan fingerprint density at radius 3 is 2.41 bits per heavy atom. The topological polar surface area (TPSA) is 94.7 Å². The minimum Gasteiger partial charge on any atom is -0.618 e. The van der Waals surface area contributed by atoms with Crippen LogP contribution in [0, 0.1) is 11.1 Å². The monoisotopic (exact) mass is 480 g/mol. The van der Waals surface area contributed by atoms with E-state index in [2.05, 4.69) is 12.2 Å². The minimum absolute atomic E-state index is 0.0146. The summed E-state index contributed by atoms with van der Waals surface area (Å²) in [5.74, 6) is 0.473. The maximum absolute atomic E-state index is 12.1. The first-order chi connectivity index (χ1) is 16.4. The number of carbonyl (C=O) groups excluding carboxylic acids is 1. The molecule has 1 aromatic heterocycles. The number of benzene rings is 2. The summed E-state index contributed by atoms with van der Waals surface area (Å²) in [6.45, 7) is 3.54. The first kappa shape index (κ1) is 24.2. The first-order valence-corrected chi connectivity index (χ1v) is 12.1. The zero-order valence-electron chi connectivity index (χ0n) is 19.1. The van der Waals surface area contributed by atoms with E-state index in [9.17, 15) is 15.1 Å². The lowest BCUT2D eigenvalue weighted by molar-refractivity contribution is -0.645. The molecule has 8 heteroatoms. The molecule has 3 aromatic rings. The van der Waals surface area contributed by atoms with Gasteiger partial charge >= 0.3 is 0 Å². The Bertz CT molecular complexity index is 1110. The molecule has 2 N–H and O–H groups in total. The standard InChI is InChI=1S/C26H28N2O5S/c1-17-23(16-34-24-5-3-4-14-28(24)31)32-26(21-10-12-22(13-11-21)27-18(2)30)33-25(17)20-8-6-19(15-29)7-9-20/h3-14,17,23,25-26,29H,15-16H2,1-2H3,(H,27,30)/t17-,23+,25+,26+/m1/s1. The molecule has 0 aliphatic carbocycles. The predicted octanol–water partition coefficient (Wildman–Crippen LogP) is 4.35. The Labute approximate surface area is 203 Å². The van der Waals surface area contributed by atoms with E-state index in [4.69, 9.17) is 9.47 Å². The highest BCUT2D eigenvalue weighted by atomic mass is 32.2. The van der Waals surface area contributed by atoms with Crippen LogP contribution in [0.4, 0.5) is 5.69 Å². The molecule has 0 radical (unpaired) electrons. The molecule has 7 nitrogen and oxygen atoms in total. The number of ether oxygens (including phenoxy) is 2. The summed E-state index contributed by atoms with van der Waals surface area (Å²) in [4.78, 5) is 11.3. The molecule has 0 bridgehead atoms. The quantitative estimate of drug-likeness (QED) is 0.297. The summed E-state index contributed by atoms with van der Waals surface area (Å²) in [5, 5.41) is 24.9. The van der Waals surface area contributed by atoms with Gasteiger partial charge in [-0.15, -0.1) is 0 Å². The van der Waals surface area contributed by atoms with E-state index in [0.29, 0.717) is 16.5 Å². The zero-order chi connectivity index (χ0) is 24.1. The number of hydrogen-bond acceptors (Lipinski definition) is 6. The van der Waals surface area contributed by atoms with E-state index in [1.54, 1.807) is 12.1 Å². The van der Waals surface area contributed by atoms with E-state index in [1.807, 2.05) is 54.6 Å². The van der Waals surface area contributed by atoms with E-state index >= 15 is 0 Å². The highest BCUT2D eigenvalue weighted by molar-refractivity contribution is 7.99. The summed E-state index contributed by atoms with van der Waals surface area (Å²) < 4.78 is 13.7. The normalized spacial score (nSPS) is 22.3. The van der Waals surface area contributed by atoms with Crippen molar-refractivity contribution in [3.8, 4) is 0 Å². The molecule has 34 heavy (non-hydrogen) atoms. The van der Waals surface area contributed by atoms with Crippen molar-refractivity contribution in [1.82, 2.24) is 0 Å². The van der Waals surface area contributed by atoms with Crippen molar-refractivity contribution in [3.05, 3.63) is 94.8 Å². The third kappa shape index (κ3) is 5.77. The number of rotatable bonds is 7. The lowest BCUT2D eigenvalue weighted by atomic mass is 9.91. The summed E-state index contributed by atoms with van der Waals surface area (Å²) in [6, 6.07) is 20.5. The van der Waals surface area contributed by atoms with Crippen LogP contribution in [0.15, 0.2) is 78.0 Å². The fourth-order valence-electron chi connectivity index (χ4n) is 3.93. The van der Waals surface area contributed by atoms with Gasteiger partial charge in [-0.05, 0) is 29.3 Å². The Morgan fingerprint density at radius 2 is 1.76 bits per heavy atom. The smallest absolute Gasteiger partial charge is 0.251 e. The van der Waals surface area contributed by atoms with Crippen LogP contribution >= 0.6 is 11.8 Å². The van der Waals surface area contributed by atoms with Gasteiger partial charge in [0.2, 0.25) is 5.91 Å². The van der Waals surface area contributed by atoms with Crippen molar-refractivity contribution >= 4 is 23.4 Å². The summed E-state index contributed by atoms with van der Waals surface area (Å²) in [5.41, 5.74) is 3.38. The van der Waals surface area contributed by atoms with Crippen molar-refractivity contribution in [2.45, 2.75) is 44.0 Å². The number of aliphatic hydroxyl groups is 1. The van der Waals surface area contributed by atoms with E-state index < -0.39 is 6.29 Å². The first-order valence-electron chi connectivity index (χ1n) is 11.1. The van der Waals surface area contributed by atoms with Crippen LogP contribution in [0.2, 0.25) is 0 Å². The van der Waals surface area contributed by atoms with Gasteiger partial charge in [0, 0.05) is 42.0 Å². The minimum atomic E-state index is -0.606. The van der Waals surface area contributed by atoms with Crippen molar-refractivity contribution in [2.75, 3.05) is 11.1 Å². The Hall–Kier alpha value is -2.91. The largest absolute Gasteiger partial charge is 0.618 e. The van der Waals surface area contributed by atoms with E-state index in [0.717, 1.165) is 21.4 Å². The number of aliphatic hydroxyl groups excluding tert-OH is 1. The van der Waals surface area contributed by atoms with Crippen LogP contribution in [0.1, 0.15) is 42.9 Å². The summed E-state index contributed by atoms with van der Waals surface area (Å²) in [7, 11) is 0. The van der Waals surface area contributed by atoms with Crippen LogP contribution in [-0.2, 0) is 20.9 Å². The van der Waals surface area contributed by atoms with Gasteiger partial charge in [0.25, 0.3) is 5.03 Å². The second-order valence-corrected chi connectivity index (χ2v) is 9.34. The van der Waals surface area contributed by atoms with E-state index in [1.165, 1.54) is 24.9 Å². The number of anilines is 1. The summed E-state index contributed by atoms with van der Waals surface area (Å²) in [6.07, 6.45) is 0.469. The maximum atomic E-state index is 12.1. The fourth-order valence-corrected chi connectivity index (χ4v) is 5.01. The molecule has 0 spiro atoms. The van der Waals surface area contributed by atoms with Gasteiger partial charge in [-0.1, -0.05) is 55.1 Å². The van der Waals surface area contributed by atoms with Crippen molar-refractivity contribution in [2.24, 2.45) is 5.92 Å². The number of nitrogens with zero attached hydrogens (tertiary/aromatic N) is 1. The van der Waals surface area contributed by atoms with Gasteiger partial charge in [0.1, 0.15) is 0 Å². The number of amides is 1. The van der Waals surface area contributed by atoms with Gasteiger partial charge in [0.05, 0.1) is 18.8 Å². The molecule has 0 saturated carbocycles. The second kappa shape index (κ2) is 11.0. The average Bonchev–Trinajstić information content (AvgIpc) is 2.84. The Morgan fingerprint density at radius 1 is 1.06 bits per heavy atom. The lowest BCUT2D eigenvalue weighted by Gasteiger charge is -2.41. The van der Waals surface area contributed by atoms with Crippen LogP contribution in [0.3, 0.4) is 0 Å². The summed E-state index contributed by atoms with van der Waals surface area (Å²) >= 11 is 1.46. The van der Waals surface area contributed by atoms with Crippen LogP contribution < -0.4 is 10.0 Å². The van der Waals surface area contributed by atoms with Gasteiger partial charge in [-0.25, -0.2) is 0 Å². The van der Waals surface area contributed by atoms with Crippen LogP contribution in [0.25, 0.3) is 0 Å². The number of hydrogen-bond donors (Lipinski definition) is 2. The number of carbonyl (C=O) groups is 1. The molecule has 0 unspecified atom stereocenters. The molecule has 1 aliphatic rings. The maximum Gasteiger partial charge on any atom is 0.251 e. The molecule has 4 atom stereocenters. The van der Waals surface area contributed by atoms with Crippen LogP contribution in [0.5, 0.6) is 0 Å². The molecule has 4 rings (SSSR count). The molecule has 1 saturated heterocycles. The number of thioether (sulfide) groups is 1. The molecule has 178 valence electrons. The van der Waals surface area contributed by atoms with Gasteiger partial charge in [0.15, 0.2) is 12.5 Å². The van der Waals surface area contributed by atoms with Gasteiger partial charge < -0.3 is 25.1 Å². The molecular formula is C26H28N2O5S. The molecule has 2 aromatic carbocycles. The zero-order valence-corrected chi connectivity index (χ0v) is 19.9. The van der Waals surface area contributed by atoms with Crippen molar-refractivity contribution < 1.29 is 24.1 Å². The molecule has 2 heterocycles. The van der Waals surface area contributed by atoms with Crippen molar-refractivity contribution in [3.63, 3.8) is 0 Å². The third-order valence-electron chi connectivity index (χ3n) is 5.81. The number of nitrogens with one attached hydrogen (secondary N) is 1. The van der Waals surface area contributed by atoms with E-state index in [-0.39, 0.29) is 30.6 Å². The SMILES string of the molecule is CC(=O)Nc1ccc([C@H]2O[C@@H](CSc3cccc[n+]3[O-])[C@@H](C)[C@@H](c3ccc(CO)cc3)O2)cc1. The van der Waals surface area contributed by atoms with Gasteiger partial charge in [-0.2, -0.15) is 4.73 Å². The fraction of sp³-hybridized carbons (Fsp3) is 0.308. The number of pyridine rings is 1. The average molecular weight is 481 g/mol. The molecule has 1 fully saturated rings. The molecule has 1 amide bonds. The third-order valence-corrected chi connectivity index (χ3v) is 6.92. The highest BCUT2D eigenvalue weighted by Crippen LogP contribution is 2.42. The van der Waals surface area contributed by atoms with Gasteiger partial charge in [-0.3, -0.25) is 4.79 Å². The number of aromatic nitrogens is 1. The Kier molecular flexibility index (Phi) is 7.84. The molecule has 1 aliphatic heterocycles. The van der Waals surface area contributed by atoms with Crippen molar-refractivity contribution in [1.29, 1.82) is 0 Å². The van der Waals surface area contributed by atoms with Crippen LogP contribution in [-0.4, -0.2) is 22.9 Å². The predicted molar refractivity (Wildman–Crippen MR) is 130 cm³/mol. The second-order valence-electron chi connectivity index (χ2n) is 8.30. The highest BCUT2D eigenvalue weighted by Gasteiger charge is 2.38.